The Hall–Kier alpha value is -2.47. The van der Waals surface area contributed by atoms with Gasteiger partial charge in [-0.2, -0.15) is 5.10 Å². The minimum atomic E-state index is -0.326. The molecule has 0 radical (unpaired) electrons. The Bertz CT molecular complexity index is 842. The van der Waals surface area contributed by atoms with E-state index >= 15 is 0 Å². The van der Waals surface area contributed by atoms with Crippen molar-refractivity contribution >= 4 is 28.5 Å². The first-order valence-electron chi connectivity index (χ1n) is 6.17. The largest absolute Gasteiger partial charge is 0.382 e. The highest BCUT2D eigenvalue weighted by Gasteiger charge is 2.15. The number of rotatable bonds is 3. The molecule has 0 saturated carbocycles. The lowest BCUT2D eigenvalue weighted by Gasteiger charge is -2.04. The van der Waals surface area contributed by atoms with Gasteiger partial charge in [0.1, 0.15) is 22.5 Å². The molecular weight excluding hydrogens is 293 g/mol. The number of nitrogens with one attached hydrogen (secondary N) is 1. The minimum Gasteiger partial charge on any atom is -0.382 e. The molecule has 3 N–H and O–H groups in total. The Kier molecular flexibility index (Phi) is 3.31. The van der Waals surface area contributed by atoms with Crippen molar-refractivity contribution in [2.75, 3.05) is 0 Å². The van der Waals surface area contributed by atoms with Gasteiger partial charge in [0.15, 0.2) is 5.65 Å². The summed E-state index contributed by atoms with van der Waals surface area (Å²) in [5.41, 5.74) is 6.78. The molecule has 0 atom stereocenters. The van der Waals surface area contributed by atoms with E-state index in [0.29, 0.717) is 27.4 Å². The van der Waals surface area contributed by atoms with Crippen molar-refractivity contribution in [3.8, 4) is 0 Å². The molecule has 1 aromatic carbocycles. The summed E-state index contributed by atoms with van der Waals surface area (Å²) in [6.07, 6.45) is 0. The lowest BCUT2D eigenvalue weighted by Crippen LogP contribution is -2.13. The molecule has 0 bridgehead atoms. The van der Waals surface area contributed by atoms with E-state index in [1.54, 1.807) is 30.3 Å². The topological polar surface area (TPSA) is 80.6 Å². The highest BCUT2D eigenvalue weighted by Crippen LogP contribution is 2.20. The molecule has 0 unspecified atom stereocenters. The number of nitrogens with two attached hydrogens (primary N) is 1. The molecule has 2 aromatic heterocycles. The summed E-state index contributed by atoms with van der Waals surface area (Å²) in [6.45, 7) is 0.184. The third kappa shape index (κ3) is 2.45. The maximum Gasteiger partial charge on any atom is 0.160 e. The Balaban J connectivity index is 2.16. The molecule has 106 valence electrons. The number of hydrogen-bond donors (Lipinski definition) is 2. The zero-order valence-corrected chi connectivity index (χ0v) is 11.6. The van der Waals surface area contributed by atoms with Crippen molar-refractivity contribution in [3.05, 3.63) is 58.6 Å². The number of halogens is 2. The van der Waals surface area contributed by atoms with E-state index in [2.05, 4.69) is 10.1 Å². The summed E-state index contributed by atoms with van der Waals surface area (Å²) in [4.78, 5) is 4.20. The van der Waals surface area contributed by atoms with E-state index in [1.165, 1.54) is 10.7 Å². The predicted molar refractivity (Wildman–Crippen MR) is 79.1 cm³/mol. The van der Waals surface area contributed by atoms with E-state index in [0.717, 1.165) is 0 Å². The van der Waals surface area contributed by atoms with Crippen LogP contribution in [0.5, 0.6) is 0 Å². The molecule has 5 nitrogen and oxygen atoms in total. The van der Waals surface area contributed by atoms with Gasteiger partial charge in [-0.1, -0.05) is 29.8 Å². The van der Waals surface area contributed by atoms with E-state index < -0.39 is 0 Å². The Morgan fingerprint density at radius 2 is 2.05 bits per heavy atom. The number of benzene rings is 1. The second kappa shape index (κ2) is 5.14. The Morgan fingerprint density at radius 1 is 1.29 bits per heavy atom. The monoisotopic (exact) mass is 303 g/mol. The van der Waals surface area contributed by atoms with Crippen molar-refractivity contribution in [3.63, 3.8) is 0 Å². The lowest BCUT2D eigenvalue weighted by atomic mass is 10.2. The fraction of sp³-hybridized carbons (Fsp3) is 0.0714. The first-order chi connectivity index (χ1) is 10.1. The average molecular weight is 304 g/mol. The predicted octanol–water partition coefficient (Wildman–Crippen LogP) is 2.56. The average Bonchev–Trinajstić information content (AvgIpc) is 2.80. The summed E-state index contributed by atoms with van der Waals surface area (Å²) in [5.74, 6) is -0.496. The van der Waals surface area contributed by atoms with Crippen molar-refractivity contribution in [2.45, 2.75) is 6.54 Å². The van der Waals surface area contributed by atoms with E-state index in [9.17, 15) is 4.39 Å². The number of nitrogens with zero attached hydrogens (tertiary/aromatic N) is 3. The second-order valence-corrected chi connectivity index (χ2v) is 4.90. The Labute approximate surface area is 124 Å². The van der Waals surface area contributed by atoms with Gasteiger partial charge in [-0.25, -0.2) is 14.1 Å². The first-order valence-corrected chi connectivity index (χ1v) is 6.55. The van der Waals surface area contributed by atoms with Gasteiger partial charge in [0.25, 0.3) is 0 Å². The van der Waals surface area contributed by atoms with Crippen LogP contribution in [-0.4, -0.2) is 20.6 Å². The summed E-state index contributed by atoms with van der Waals surface area (Å²) in [7, 11) is 0. The van der Waals surface area contributed by atoms with Crippen LogP contribution in [0.15, 0.2) is 36.4 Å². The minimum absolute atomic E-state index is 0.170. The number of amidine groups is 1. The summed E-state index contributed by atoms with van der Waals surface area (Å²) in [6, 6.07) is 9.72. The highest BCUT2D eigenvalue weighted by atomic mass is 35.5. The van der Waals surface area contributed by atoms with Crippen LogP contribution in [0.4, 0.5) is 4.39 Å². The molecular formula is C14H11ClFN5. The van der Waals surface area contributed by atoms with Crippen molar-refractivity contribution in [1.82, 2.24) is 14.8 Å². The zero-order valence-electron chi connectivity index (χ0n) is 10.8. The fourth-order valence-corrected chi connectivity index (χ4v) is 2.27. The number of pyridine rings is 1. The Morgan fingerprint density at radius 3 is 2.76 bits per heavy atom. The second-order valence-electron chi connectivity index (χ2n) is 4.52. The highest BCUT2D eigenvalue weighted by molar-refractivity contribution is 6.29. The van der Waals surface area contributed by atoms with Gasteiger partial charge < -0.3 is 5.73 Å². The van der Waals surface area contributed by atoms with Crippen LogP contribution in [0.2, 0.25) is 5.15 Å². The van der Waals surface area contributed by atoms with Gasteiger partial charge in [-0.05, 0) is 18.2 Å². The maximum absolute atomic E-state index is 13.8. The molecule has 0 saturated heterocycles. The quantitative estimate of drug-likeness (QED) is 0.443. The van der Waals surface area contributed by atoms with E-state index in [-0.39, 0.29) is 18.2 Å². The number of aromatic nitrogens is 3. The smallest absolute Gasteiger partial charge is 0.160 e. The van der Waals surface area contributed by atoms with Crippen molar-refractivity contribution in [1.29, 1.82) is 5.41 Å². The van der Waals surface area contributed by atoms with Gasteiger partial charge in [0.2, 0.25) is 0 Å². The third-order valence-electron chi connectivity index (χ3n) is 3.09. The van der Waals surface area contributed by atoms with E-state index in [1.807, 2.05) is 0 Å². The summed E-state index contributed by atoms with van der Waals surface area (Å²) >= 11 is 5.90. The summed E-state index contributed by atoms with van der Waals surface area (Å²) in [5, 5.41) is 12.7. The van der Waals surface area contributed by atoms with Gasteiger partial charge >= 0.3 is 0 Å². The third-order valence-corrected chi connectivity index (χ3v) is 3.31. The molecule has 3 aromatic rings. The number of hydrogen-bond acceptors (Lipinski definition) is 3. The zero-order chi connectivity index (χ0) is 15.0. The van der Waals surface area contributed by atoms with Crippen molar-refractivity contribution in [2.24, 2.45) is 5.73 Å². The van der Waals surface area contributed by atoms with Crippen LogP contribution in [-0.2, 0) is 6.54 Å². The van der Waals surface area contributed by atoms with Crippen LogP contribution in [0.1, 0.15) is 11.3 Å². The van der Waals surface area contributed by atoms with Crippen LogP contribution < -0.4 is 5.73 Å². The van der Waals surface area contributed by atoms with Gasteiger partial charge in [0.05, 0.1) is 11.9 Å². The molecule has 7 heteroatoms. The molecule has 0 amide bonds. The summed E-state index contributed by atoms with van der Waals surface area (Å²) < 4.78 is 15.3. The molecule has 0 aliphatic heterocycles. The molecule has 0 aliphatic carbocycles. The molecule has 0 spiro atoms. The molecule has 0 fully saturated rings. The fourth-order valence-electron chi connectivity index (χ4n) is 2.13. The molecule has 21 heavy (non-hydrogen) atoms. The van der Waals surface area contributed by atoms with Crippen molar-refractivity contribution < 1.29 is 4.39 Å². The molecule has 2 heterocycles. The standard InChI is InChI=1S/C14H11ClFN5/c15-11-6-5-9-12(13(17)18)20-21(14(9)19-11)7-8-3-1-2-4-10(8)16/h1-6H,7H2,(H3,17,18). The van der Waals surface area contributed by atoms with Crippen LogP contribution in [0.3, 0.4) is 0 Å². The molecule has 0 aliphatic rings. The van der Waals surface area contributed by atoms with Gasteiger partial charge in [-0.15, -0.1) is 0 Å². The van der Waals surface area contributed by atoms with Crippen LogP contribution in [0.25, 0.3) is 11.0 Å². The molecule has 3 rings (SSSR count). The number of fused-ring (bicyclic) bond motifs is 1. The van der Waals surface area contributed by atoms with Crippen LogP contribution in [0, 0.1) is 11.2 Å². The van der Waals surface area contributed by atoms with Gasteiger partial charge in [-0.3, -0.25) is 5.41 Å². The van der Waals surface area contributed by atoms with E-state index in [4.69, 9.17) is 22.7 Å². The first kappa shape index (κ1) is 13.5. The van der Waals surface area contributed by atoms with Crippen LogP contribution >= 0.6 is 11.6 Å². The maximum atomic E-state index is 13.8. The SMILES string of the molecule is N=C(N)c1nn(Cc2ccccc2F)c2nc(Cl)ccc12. The van der Waals surface area contributed by atoms with Gasteiger partial charge in [0, 0.05) is 5.56 Å². The number of nitrogen functional groups attached to an aromatic ring is 1. The normalized spacial score (nSPS) is 11.0. The lowest BCUT2D eigenvalue weighted by molar-refractivity contribution is 0.589.